The predicted octanol–water partition coefficient (Wildman–Crippen LogP) is 3.32. The highest BCUT2D eigenvalue weighted by Crippen LogP contribution is 2.45. The maximum absolute atomic E-state index is 12.8. The Morgan fingerprint density at radius 2 is 1.93 bits per heavy atom. The molecule has 0 aliphatic carbocycles. The summed E-state index contributed by atoms with van der Waals surface area (Å²) < 4.78 is 5.31. The Morgan fingerprint density at radius 3 is 2.64 bits per heavy atom. The van der Waals surface area contributed by atoms with Crippen LogP contribution in [-0.2, 0) is 11.3 Å². The van der Waals surface area contributed by atoms with Crippen molar-refractivity contribution in [1.29, 1.82) is 0 Å². The first kappa shape index (κ1) is 18.9. The molecule has 0 unspecified atom stereocenters. The fourth-order valence-electron chi connectivity index (χ4n) is 4.82. The number of amides is 1. The molecule has 1 aromatic heterocycles. The number of piperidine rings is 2. The standard InChI is InChI=1S/C23H29N3O2/c1-25-17-23(15-21(22(25)27)18-6-4-3-5-7-18)9-12-26(13-10-23)16-19-14-20(28-2)8-11-24-19/h3-8,11,14,21H,9-10,12-13,15-17H2,1-2H3/t21-/m0/s1. The van der Waals surface area contributed by atoms with E-state index in [9.17, 15) is 4.79 Å². The molecule has 1 spiro atoms. The molecule has 4 rings (SSSR count). The molecule has 0 saturated carbocycles. The Balaban J connectivity index is 1.43. The summed E-state index contributed by atoms with van der Waals surface area (Å²) in [5.41, 5.74) is 2.43. The van der Waals surface area contributed by atoms with Gasteiger partial charge in [0.25, 0.3) is 0 Å². The third-order valence-electron chi connectivity index (χ3n) is 6.41. The van der Waals surface area contributed by atoms with E-state index in [0.29, 0.717) is 0 Å². The minimum atomic E-state index is -0.00782. The van der Waals surface area contributed by atoms with Crippen molar-refractivity contribution in [2.45, 2.75) is 31.7 Å². The molecule has 5 heteroatoms. The summed E-state index contributed by atoms with van der Waals surface area (Å²) in [5, 5.41) is 0. The molecule has 1 aromatic carbocycles. The Morgan fingerprint density at radius 1 is 1.18 bits per heavy atom. The smallest absolute Gasteiger partial charge is 0.229 e. The summed E-state index contributed by atoms with van der Waals surface area (Å²) in [7, 11) is 3.65. The highest BCUT2D eigenvalue weighted by Gasteiger charge is 2.44. The molecule has 1 amide bonds. The molecule has 2 fully saturated rings. The normalized spacial score (nSPS) is 22.4. The van der Waals surface area contributed by atoms with Crippen molar-refractivity contribution in [3.05, 3.63) is 59.9 Å². The zero-order valence-electron chi connectivity index (χ0n) is 16.8. The Bertz CT molecular complexity index is 816. The first-order valence-corrected chi connectivity index (χ1v) is 10.1. The number of carbonyl (C=O) groups excluding carboxylic acids is 1. The number of pyridine rings is 1. The van der Waals surface area contributed by atoms with Crippen LogP contribution in [-0.4, -0.2) is 54.5 Å². The van der Waals surface area contributed by atoms with Gasteiger partial charge in [-0.2, -0.15) is 0 Å². The summed E-state index contributed by atoms with van der Waals surface area (Å²) in [6, 6.07) is 14.2. The Hall–Kier alpha value is -2.40. The first-order valence-electron chi connectivity index (χ1n) is 10.1. The third kappa shape index (κ3) is 3.90. The second kappa shape index (κ2) is 7.92. The lowest BCUT2D eigenvalue weighted by molar-refractivity contribution is -0.139. The van der Waals surface area contributed by atoms with Gasteiger partial charge in [-0.05, 0) is 49.4 Å². The SMILES string of the molecule is COc1ccnc(CN2CCC3(CC2)C[C@@H](c2ccccc2)C(=O)N(C)C3)c1. The zero-order chi connectivity index (χ0) is 19.6. The van der Waals surface area contributed by atoms with Crippen LogP contribution in [0.2, 0.25) is 0 Å². The van der Waals surface area contributed by atoms with Gasteiger partial charge in [-0.3, -0.25) is 14.7 Å². The van der Waals surface area contributed by atoms with Gasteiger partial charge < -0.3 is 9.64 Å². The maximum Gasteiger partial charge on any atom is 0.229 e. The van der Waals surface area contributed by atoms with E-state index in [1.54, 1.807) is 7.11 Å². The van der Waals surface area contributed by atoms with Gasteiger partial charge in [-0.25, -0.2) is 0 Å². The van der Waals surface area contributed by atoms with Gasteiger partial charge in [0.2, 0.25) is 5.91 Å². The lowest BCUT2D eigenvalue weighted by Crippen LogP contribution is -2.52. The fraction of sp³-hybridized carbons (Fsp3) is 0.478. The fourth-order valence-corrected chi connectivity index (χ4v) is 4.82. The number of nitrogens with zero attached hydrogens (tertiary/aromatic N) is 3. The lowest BCUT2D eigenvalue weighted by atomic mass is 9.67. The van der Waals surface area contributed by atoms with E-state index in [4.69, 9.17) is 4.74 Å². The molecule has 2 aliphatic rings. The predicted molar refractivity (Wildman–Crippen MR) is 109 cm³/mol. The van der Waals surface area contributed by atoms with Crippen LogP contribution in [0.15, 0.2) is 48.7 Å². The van der Waals surface area contributed by atoms with Crippen LogP contribution in [0, 0.1) is 5.41 Å². The van der Waals surface area contributed by atoms with Gasteiger partial charge in [0.15, 0.2) is 0 Å². The minimum Gasteiger partial charge on any atom is -0.497 e. The highest BCUT2D eigenvalue weighted by molar-refractivity contribution is 5.84. The number of hydrogen-bond acceptors (Lipinski definition) is 4. The van der Waals surface area contributed by atoms with Gasteiger partial charge in [-0.15, -0.1) is 0 Å². The molecule has 1 atom stereocenters. The highest BCUT2D eigenvalue weighted by atomic mass is 16.5. The number of likely N-dealkylation sites (N-methyl/N-ethyl adjacent to an activating group) is 1. The molecule has 0 N–H and O–H groups in total. The Labute approximate surface area is 167 Å². The van der Waals surface area contributed by atoms with Gasteiger partial charge in [0.05, 0.1) is 18.7 Å². The Kier molecular flexibility index (Phi) is 5.36. The lowest BCUT2D eigenvalue weighted by Gasteiger charge is -2.49. The molecular weight excluding hydrogens is 350 g/mol. The molecular formula is C23H29N3O2. The van der Waals surface area contributed by atoms with Crippen LogP contribution < -0.4 is 4.74 Å². The molecule has 3 heterocycles. The van der Waals surface area contributed by atoms with Gasteiger partial charge in [0, 0.05) is 32.4 Å². The van der Waals surface area contributed by atoms with Crippen molar-refractivity contribution in [3.63, 3.8) is 0 Å². The number of benzene rings is 1. The summed E-state index contributed by atoms with van der Waals surface area (Å²) in [6.45, 7) is 3.81. The van der Waals surface area contributed by atoms with Crippen LogP contribution >= 0.6 is 0 Å². The van der Waals surface area contributed by atoms with Crippen LogP contribution in [0.5, 0.6) is 5.75 Å². The number of carbonyl (C=O) groups is 1. The van der Waals surface area contributed by atoms with Crippen molar-refractivity contribution >= 4 is 5.91 Å². The van der Waals surface area contributed by atoms with Crippen LogP contribution in [0.3, 0.4) is 0 Å². The topological polar surface area (TPSA) is 45.7 Å². The van der Waals surface area contributed by atoms with Crippen molar-refractivity contribution in [2.24, 2.45) is 5.41 Å². The number of hydrogen-bond donors (Lipinski definition) is 0. The molecule has 0 radical (unpaired) electrons. The average Bonchev–Trinajstić information content (AvgIpc) is 2.73. The number of methoxy groups -OCH3 is 1. The van der Waals surface area contributed by atoms with E-state index >= 15 is 0 Å². The molecule has 2 aliphatic heterocycles. The molecule has 0 bridgehead atoms. The van der Waals surface area contributed by atoms with Crippen LogP contribution in [0.4, 0.5) is 0 Å². The van der Waals surface area contributed by atoms with Crippen LogP contribution in [0.25, 0.3) is 0 Å². The second-order valence-electron chi connectivity index (χ2n) is 8.32. The summed E-state index contributed by atoms with van der Waals surface area (Å²) in [4.78, 5) is 21.7. The quantitative estimate of drug-likeness (QED) is 0.818. The number of likely N-dealkylation sites (tertiary alicyclic amines) is 2. The summed E-state index contributed by atoms with van der Waals surface area (Å²) in [6.07, 6.45) is 5.02. The van der Waals surface area contributed by atoms with E-state index in [2.05, 4.69) is 22.0 Å². The van der Waals surface area contributed by atoms with Gasteiger partial charge in [0.1, 0.15) is 5.75 Å². The van der Waals surface area contributed by atoms with Gasteiger partial charge in [-0.1, -0.05) is 30.3 Å². The monoisotopic (exact) mass is 379 g/mol. The van der Waals surface area contributed by atoms with Crippen molar-refractivity contribution < 1.29 is 9.53 Å². The third-order valence-corrected chi connectivity index (χ3v) is 6.41. The van der Waals surface area contributed by atoms with Crippen molar-refractivity contribution in [2.75, 3.05) is 33.8 Å². The molecule has 2 aromatic rings. The number of aromatic nitrogens is 1. The van der Waals surface area contributed by atoms with Crippen molar-refractivity contribution in [3.8, 4) is 5.75 Å². The average molecular weight is 380 g/mol. The van der Waals surface area contributed by atoms with E-state index < -0.39 is 0 Å². The minimum absolute atomic E-state index is 0.00782. The molecule has 148 valence electrons. The first-order chi connectivity index (χ1) is 13.6. The molecule has 28 heavy (non-hydrogen) atoms. The van der Waals surface area contributed by atoms with Gasteiger partial charge >= 0.3 is 0 Å². The maximum atomic E-state index is 12.8. The largest absolute Gasteiger partial charge is 0.497 e. The van der Waals surface area contributed by atoms with E-state index in [0.717, 1.165) is 62.4 Å². The second-order valence-corrected chi connectivity index (χ2v) is 8.32. The molecule has 5 nitrogen and oxygen atoms in total. The summed E-state index contributed by atoms with van der Waals surface area (Å²) in [5.74, 6) is 1.11. The van der Waals surface area contributed by atoms with Crippen molar-refractivity contribution in [1.82, 2.24) is 14.8 Å². The van der Waals surface area contributed by atoms with E-state index in [1.807, 2.05) is 48.5 Å². The molecule has 2 saturated heterocycles. The van der Waals surface area contributed by atoms with E-state index in [-0.39, 0.29) is 17.2 Å². The number of ether oxygens (including phenoxy) is 1. The number of rotatable bonds is 4. The summed E-state index contributed by atoms with van der Waals surface area (Å²) >= 11 is 0. The van der Waals surface area contributed by atoms with Crippen LogP contribution in [0.1, 0.15) is 36.4 Å². The zero-order valence-corrected chi connectivity index (χ0v) is 16.8. The van der Waals surface area contributed by atoms with E-state index in [1.165, 1.54) is 0 Å².